The fraction of sp³-hybridized carbons (Fsp3) is 0.634. The summed E-state index contributed by atoms with van der Waals surface area (Å²) >= 11 is 0. The number of aliphatic hydroxyl groups excluding tert-OH is 1. The molecule has 9 unspecified atom stereocenters. The van der Waals surface area contributed by atoms with Crippen LogP contribution < -0.4 is 5.73 Å². The van der Waals surface area contributed by atoms with Crippen molar-refractivity contribution in [3.63, 3.8) is 0 Å². The van der Waals surface area contributed by atoms with E-state index in [1.807, 2.05) is 6.07 Å². The number of pyridine rings is 1. The lowest BCUT2D eigenvalue weighted by atomic mass is 9.51. The summed E-state index contributed by atoms with van der Waals surface area (Å²) in [5.74, 6) is 2.43. The Bertz CT molecular complexity index is 1510. The van der Waals surface area contributed by atoms with Crippen LogP contribution in [0, 0.1) is 29.1 Å². The topological polar surface area (TPSA) is 85.8 Å². The SMILES string of the molecule is CC1CCc2nc3c(O)cccc3c(CCN)c2C=CCCC23CN4CCC2C2C=C(CCC=CCCCC(O)C(C)C4)C3N(C1)C2. The Balaban J connectivity index is 1.29. The number of phenols is 1. The highest BCUT2D eigenvalue weighted by Gasteiger charge is 2.59. The van der Waals surface area contributed by atoms with Crippen molar-refractivity contribution in [1.82, 2.24) is 14.8 Å². The second-order valence-corrected chi connectivity index (χ2v) is 15.9. The molecular formula is C41H58N4O2. The summed E-state index contributed by atoms with van der Waals surface area (Å²) in [5.41, 5.74) is 12.4. The molecule has 1 aromatic carbocycles. The van der Waals surface area contributed by atoms with E-state index in [1.54, 1.807) is 11.6 Å². The zero-order valence-corrected chi connectivity index (χ0v) is 28.9. The standard InChI is InChI=1S/C41H58N4O2/c1-28-16-17-36-33(32(18-21-42)34-13-10-15-38(47)39(34)43-36)12-8-9-20-41-27-44-22-19-35(41)31-23-30(40(41)45(24-28)26-31)11-6-4-3-5-7-14-37(46)29(2)25-44/h3-4,8,10,12-13,15,23,28-29,31,35,37,40,46-47H,5-7,9,11,14,16-22,24-27,42H2,1-2H3. The zero-order valence-electron chi connectivity index (χ0n) is 28.9. The number of aromatic hydroxyl groups is 1. The summed E-state index contributed by atoms with van der Waals surface area (Å²) in [4.78, 5) is 10.8. The number of fused-ring (bicyclic) bond motifs is 3. The van der Waals surface area contributed by atoms with Crippen molar-refractivity contribution in [2.75, 3.05) is 39.3 Å². The van der Waals surface area contributed by atoms with Gasteiger partial charge in [-0.3, -0.25) is 4.90 Å². The number of piperidine rings is 2. The first kappa shape index (κ1) is 33.0. The summed E-state index contributed by atoms with van der Waals surface area (Å²) in [5, 5.41) is 23.0. The van der Waals surface area contributed by atoms with E-state index in [9.17, 15) is 10.2 Å². The van der Waals surface area contributed by atoms with E-state index in [1.165, 1.54) is 36.9 Å². The Hall–Kier alpha value is -2.51. The summed E-state index contributed by atoms with van der Waals surface area (Å²) in [6, 6.07) is 6.27. The molecule has 6 aliphatic rings. The van der Waals surface area contributed by atoms with Crippen molar-refractivity contribution in [1.29, 1.82) is 0 Å². The van der Waals surface area contributed by atoms with Crippen molar-refractivity contribution in [2.45, 2.75) is 96.6 Å². The molecular weight excluding hydrogens is 580 g/mol. The van der Waals surface area contributed by atoms with Gasteiger partial charge in [0.25, 0.3) is 0 Å². The van der Waals surface area contributed by atoms with E-state index in [0.717, 1.165) is 94.5 Å². The molecule has 2 saturated heterocycles. The smallest absolute Gasteiger partial charge is 0.141 e. The lowest BCUT2D eigenvalue weighted by Crippen LogP contribution is -2.69. The Labute approximate surface area is 282 Å². The number of nitrogens with two attached hydrogens (primary N) is 1. The van der Waals surface area contributed by atoms with E-state index in [0.29, 0.717) is 29.9 Å². The molecule has 1 aromatic heterocycles. The van der Waals surface area contributed by atoms with Crippen LogP contribution in [0.15, 0.2) is 48.1 Å². The maximum absolute atomic E-state index is 11.1. The van der Waals surface area contributed by atoms with Gasteiger partial charge in [-0.25, -0.2) is 4.98 Å². The van der Waals surface area contributed by atoms with Gasteiger partial charge in [-0.05, 0) is 125 Å². The van der Waals surface area contributed by atoms with Crippen molar-refractivity contribution in [2.24, 2.45) is 34.8 Å². The van der Waals surface area contributed by atoms with Crippen LogP contribution in [0.3, 0.4) is 0 Å². The number of nitrogens with zero attached hydrogens (tertiary/aromatic N) is 3. The van der Waals surface area contributed by atoms with Crippen LogP contribution in [0.1, 0.15) is 88.5 Å². The van der Waals surface area contributed by atoms with Gasteiger partial charge >= 0.3 is 0 Å². The highest BCUT2D eigenvalue weighted by Crippen LogP contribution is 2.57. The first-order valence-corrected chi connectivity index (χ1v) is 18.9. The van der Waals surface area contributed by atoms with Gasteiger partial charge in [0.05, 0.1) is 6.10 Å². The summed E-state index contributed by atoms with van der Waals surface area (Å²) in [7, 11) is 0. The number of allylic oxidation sites excluding steroid dienone is 3. The molecule has 2 fully saturated rings. The minimum atomic E-state index is -0.225. The molecule has 5 aliphatic heterocycles. The maximum Gasteiger partial charge on any atom is 0.141 e. The molecule has 6 heterocycles. The van der Waals surface area contributed by atoms with Gasteiger partial charge in [0, 0.05) is 48.7 Å². The van der Waals surface area contributed by atoms with E-state index in [4.69, 9.17) is 10.7 Å². The summed E-state index contributed by atoms with van der Waals surface area (Å²) in [6.07, 6.45) is 23.7. The third-order valence-corrected chi connectivity index (χ3v) is 12.6. The molecule has 254 valence electrons. The first-order valence-electron chi connectivity index (χ1n) is 18.9. The molecule has 8 rings (SSSR count). The van der Waals surface area contributed by atoms with Gasteiger partial charge < -0.3 is 20.8 Å². The van der Waals surface area contributed by atoms with Crippen LogP contribution >= 0.6 is 0 Å². The third kappa shape index (κ3) is 6.48. The molecule has 1 spiro atoms. The molecule has 6 bridgehead atoms. The molecule has 1 aliphatic carbocycles. The number of para-hydroxylation sites is 1. The number of hydrogen-bond donors (Lipinski definition) is 3. The Morgan fingerprint density at radius 2 is 1.87 bits per heavy atom. The molecule has 9 atom stereocenters. The molecule has 47 heavy (non-hydrogen) atoms. The molecule has 6 nitrogen and oxygen atoms in total. The van der Waals surface area contributed by atoms with E-state index < -0.39 is 0 Å². The maximum atomic E-state index is 11.1. The van der Waals surface area contributed by atoms with Gasteiger partial charge in [-0.15, -0.1) is 0 Å². The minimum absolute atomic E-state index is 0.217. The lowest BCUT2D eigenvalue weighted by Gasteiger charge is -2.65. The zero-order chi connectivity index (χ0) is 32.5. The fourth-order valence-corrected chi connectivity index (χ4v) is 10.5. The molecule has 6 heteroatoms. The van der Waals surface area contributed by atoms with Crippen LogP contribution in [0.4, 0.5) is 0 Å². The minimum Gasteiger partial charge on any atom is -0.506 e. The number of phenolic OH excluding ortho intramolecular Hbond substituents is 1. The number of aryl methyl sites for hydroxylation is 1. The fourth-order valence-electron chi connectivity index (χ4n) is 10.5. The van der Waals surface area contributed by atoms with Crippen LogP contribution in [-0.4, -0.2) is 76.4 Å². The summed E-state index contributed by atoms with van der Waals surface area (Å²) in [6.45, 7) is 10.9. The quantitative estimate of drug-likeness (QED) is 0.311. The van der Waals surface area contributed by atoms with Crippen LogP contribution in [0.5, 0.6) is 5.75 Å². The van der Waals surface area contributed by atoms with Crippen LogP contribution in [0.2, 0.25) is 0 Å². The van der Waals surface area contributed by atoms with E-state index in [-0.39, 0.29) is 23.2 Å². The van der Waals surface area contributed by atoms with Gasteiger partial charge in [-0.2, -0.15) is 0 Å². The van der Waals surface area contributed by atoms with Gasteiger partial charge in [0.15, 0.2) is 0 Å². The van der Waals surface area contributed by atoms with Gasteiger partial charge in [0.2, 0.25) is 0 Å². The molecule has 2 aromatic rings. The average molecular weight is 639 g/mol. The highest BCUT2D eigenvalue weighted by atomic mass is 16.3. The number of aliphatic hydroxyl groups is 1. The van der Waals surface area contributed by atoms with Crippen molar-refractivity contribution in [3.05, 3.63) is 64.9 Å². The molecule has 0 radical (unpaired) electrons. The third-order valence-electron chi connectivity index (χ3n) is 12.6. The molecule has 4 N–H and O–H groups in total. The van der Waals surface area contributed by atoms with E-state index in [2.05, 4.69) is 60.1 Å². The van der Waals surface area contributed by atoms with Gasteiger partial charge in [-0.1, -0.05) is 61.9 Å². The lowest BCUT2D eigenvalue weighted by molar-refractivity contribution is -0.116. The summed E-state index contributed by atoms with van der Waals surface area (Å²) < 4.78 is 0. The number of hydrogen-bond acceptors (Lipinski definition) is 6. The number of aromatic nitrogens is 1. The van der Waals surface area contributed by atoms with Crippen molar-refractivity contribution < 1.29 is 10.2 Å². The Kier molecular flexibility index (Phi) is 9.94. The first-order chi connectivity index (χ1) is 22.9. The second kappa shape index (κ2) is 14.2. The van der Waals surface area contributed by atoms with Crippen LogP contribution in [0.25, 0.3) is 17.0 Å². The predicted molar refractivity (Wildman–Crippen MR) is 193 cm³/mol. The van der Waals surface area contributed by atoms with Crippen LogP contribution in [-0.2, 0) is 12.8 Å². The highest BCUT2D eigenvalue weighted by molar-refractivity contribution is 5.90. The normalized spacial score (nSPS) is 36.4. The Morgan fingerprint density at radius 1 is 1.00 bits per heavy atom. The van der Waals surface area contributed by atoms with Crippen molar-refractivity contribution >= 4 is 17.0 Å². The van der Waals surface area contributed by atoms with Crippen molar-refractivity contribution in [3.8, 4) is 5.75 Å². The monoisotopic (exact) mass is 638 g/mol. The molecule has 0 saturated carbocycles. The number of benzene rings is 1. The Morgan fingerprint density at radius 3 is 2.74 bits per heavy atom. The largest absolute Gasteiger partial charge is 0.506 e. The van der Waals surface area contributed by atoms with Gasteiger partial charge in [0.1, 0.15) is 11.3 Å². The molecule has 0 amide bonds. The van der Waals surface area contributed by atoms with E-state index >= 15 is 0 Å². The second-order valence-electron chi connectivity index (χ2n) is 15.9. The number of rotatable bonds is 2. The average Bonchev–Trinajstić information content (AvgIpc) is 3.06. The predicted octanol–water partition coefficient (Wildman–Crippen LogP) is 6.88.